The lowest BCUT2D eigenvalue weighted by Crippen LogP contribution is -2.47. The number of halogens is 1. The van der Waals surface area contributed by atoms with Gasteiger partial charge in [-0.05, 0) is 30.9 Å². The Balaban J connectivity index is 1.53. The lowest BCUT2D eigenvalue weighted by molar-refractivity contribution is -0.135. The molecule has 0 unspecified atom stereocenters. The molecule has 0 bridgehead atoms. The van der Waals surface area contributed by atoms with E-state index in [2.05, 4.69) is 10.6 Å². The number of carbonyl (C=O) groups is 3. The van der Waals surface area contributed by atoms with Gasteiger partial charge in [-0.15, -0.1) is 0 Å². The smallest absolute Gasteiger partial charge is 0.325 e. The van der Waals surface area contributed by atoms with Crippen molar-refractivity contribution in [3.8, 4) is 0 Å². The van der Waals surface area contributed by atoms with Gasteiger partial charge in [0.15, 0.2) is 0 Å². The third-order valence-electron chi connectivity index (χ3n) is 5.18. The van der Waals surface area contributed by atoms with Gasteiger partial charge in [0.2, 0.25) is 5.91 Å². The van der Waals surface area contributed by atoms with Crippen LogP contribution in [-0.4, -0.2) is 41.4 Å². The summed E-state index contributed by atoms with van der Waals surface area (Å²) >= 11 is 0. The van der Waals surface area contributed by atoms with Crippen LogP contribution in [0, 0.1) is 5.82 Å². The second kappa shape index (κ2) is 7.85. The van der Waals surface area contributed by atoms with Crippen LogP contribution in [0.15, 0.2) is 24.3 Å². The quantitative estimate of drug-likeness (QED) is 0.789. The molecule has 1 saturated carbocycles. The summed E-state index contributed by atoms with van der Waals surface area (Å²) in [4.78, 5) is 38.1. The van der Waals surface area contributed by atoms with E-state index in [1.807, 2.05) is 0 Å². The molecule has 0 aromatic heterocycles. The molecule has 1 aromatic carbocycles. The molecule has 140 valence electrons. The van der Waals surface area contributed by atoms with Crippen LogP contribution in [0.25, 0.3) is 0 Å². The first-order valence-corrected chi connectivity index (χ1v) is 9.16. The topological polar surface area (TPSA) is 78.5 Å². The van der Waals surface area contributed by atoms with Crippen LogP contribution in [0.3, 0.4) is 0 Å². The summed E-state index contributed by atoms with van der Waals surface area (Å²) in [5, 5.41) is 5.46. The molecule has 7 heteroatoms. The van der Waals surface area contributed by atoms with E-state index in [1.54, 1.807) is 18.2 Å². The highest BCUT2D eigenvalue weighted by atomic mass is 19.1. The zero-order valence-corrected chi connectivity index (χ0v) is 14.7. The molecule has 0 atom stereocenters. The summed E-state index contributed by atoms with van der Waals surface area (Å²) in [7, 11) is 0. The first-order valence-electron chi connectivity index (χ1n) is 9.16. The maximum Gasteiger partial charge on any atom is 0.325 e. The molecule has 1 aliphatic carbocycles. The van der Waals surface area contributed by atoms with E-state index in [0.29, 0.717) is 24.8 Å². The molecule has 1 aliphatic heterocycles. The van der Waals surface area contributed by atoms with Crippen LogP contribution in [-0.2, 0) is 16.0 Å². The first-order chi connectivity index (χ1) is 12.5. The zero-order chi connectivity index (χ0) is 18.6. The van der Waals surface area contributed by atoms with Crippen LogP contribution in [0.5, 0.6) is 0 Å². The molecule has 6 nitrogen and oxygen atoms in total. The molecule has 0 radical (unpaired) electrons. The van der Waals surface area contributed by atoms with Crippen molar-refractivity contribution in [2.75, 3.05) is 13.1 Å². The Morgan fingerprint density at radius 2 is 1.85 bits per heavy atom. The normalized spacial score (nSPS) is 19.3. The Morgan fingerprint density at radius 1 is 1.15 bits per heavy atom. The summed E-state index contributed by atoms with van der Waals surface area (Å²) in [6.45, 7) is -0.0573. The fourth-order valence-corrected chi connectivity index (χ4v) is 3.73. The van der Waals surface area contributed by atoms with Crippen molar-refractivity contribution >= 4 is 17.8 Å². The van der Waals surface area contributed by atoms with Crippen molar-refractivity contribution in [1.29, 1.82) is 0 Å². The monoisotopic (exact) mass is 361 g/mol. The third-order valence-corrected chi connectivity index (χ3v) is 5.18. The van der Waals surface area contributed by atoms with Crippen molar-refractivity contribution in [2.45, 2.75) is 50.5 Å². The highest BCUT2D eigenvalue weighted by Crippen LogP contribution is 2.32. The van der Waals surface area contributed by atoms with Gasteiger partial charge in [-0.1, -0.05) is 43.9 Å². The van der Waals surface area contributed by atoms with Crippen molar-refractivity contribution in [3.05, 3.63) is 35.6 Å². The molecule has 2 aliphatic rings. The summed E-state index contributed by atoms with van der Waals surface area (Å²) in [6.07, 6.45) is 5.51. The highest BCUT2D eigenvalue weighted by Gasteiger charge is 2.50. The molecule has 4 amide bonds. The van der Waals surface area contributed by atoms with Gasteiger partial charge in [0, 0.05) is 6.54 Å². The number of carbonyl (C=O) groups excluding carboxylic acids is 3. The van der Waals surface area contributed by atoms with Crippen molar-refractivity contribution in [2.24, 2.45) is 0 Å². The molecule has 3 rings (SSSR count). The van der Waals surface area contributed by atoms with Gasteiger partial charge in [-0.25, -0.2) is 9.18 Å². The maximum absolute atomic E-state index is 13.6. The molecule has 1 heterocycles. The summed E-state index contributed by atoms with van der Waals surface area (Å²) in [6, 6.07) is 5.88. The van der Waals surface area contributed by atoms with Gasteiger partial charge in [0.1, 0.15) is 17.9 Å². The fraction of sp³-hybridized carbons (Fsp3) is 0.526. The van der Waals surface area contributed by atoms with Gasteiger partial charge < -0.3 is 10.6 Å². The van der Waals surface area contributed by atoms with Crippen LogP contribution >= 0.6 is 0 Å². The third kappa shape index (κ3) is 3.86. The van der Waals surface area contributed by atoms with Crippen LogP contribution in [0.1, 0.15) is 44.1 Å². The number of nitrogens with one attached hydrogen (secondary N) is 2. The van der Waals surface area contributed by atoms with E-state index >= 15 is 0 Å². The number of imide groups is 1. The Kier molecular flexibility index (Phi) is 5.54. The number of hydrogen-bond acceptors (Lipinski definition) is 3. The zero-order valence-electron chi connectivity index (χ0n) is 14.7. The molecule has 1 spiro atoms. The number of amides is 4. The Bertz CT molecular complexity index is 699. The molecular formula is C19H24FN3O3. The summed E-state index contributed by atoms with van der Waals surface area (Å²) in [5.41, 5.74) is -0.318. The molecule has 1 aromatic rings. The van der Waals surface area contributed by atoms with Gasteiger partial charge in [-0.3, -0.25) is 14.5 Å². The first kappa shape index (κ1) is 18.4. The number of hydrogen-bond donors (Lipinski definition) is 2. The lowest BCUT2D eigenvalue weighted by Gasteiger charge is -2.24. The SMILES string of the molecule is O=C(CN1C(=O)NC2(CCCCCC2)C1=O)NCCc1ccccc1F. The predicted octanol–water partition coefficient (Wildman–Crippen LogP) is 2.13. The molecule has 1 saturated heterocycles. The van der Waals surface area contributed by atoms with E-state index in [9.17, 15) is 18.8 Å². The molecule has 2 N–H and O–H groups in total. The van der Waals surface area contributed by atoms with Gasteiger partial charge in [0.05, 0.1) is 0 Å². The second-order valence-electron chi connectivity index (χ2n) is 7.01. The number of nitrogens with zero attached hydrogens (tertiary/aromatic N) is 1. The number of benzene rings is 1. The van der Waals surface area contributed by atoms with E-state index in [0.717, 1.165) is 30.6 Å². The van der Waals surface area contributed by atoms with Gasteiger partial charge in [0.25, 0.3) is 5.91 Å². The fourth-order valence-electron chi connectivity index (χ4n) is 3.73. The maximum atomic E-state index is 13.6. The predicted molar refractivity (Wildman–Crippen MR) is 93.8 cm³/mol. The van der Waals surface area contributed by atoms with Crippen molar-refractivity contribution in [3.63, 3.8) is 0 Å². The van der Waals surface area contributed by atoms with Crippen LogP contribution in [0.2, 0.25) is 0 Å². The van der Waals surface area contributed by atoms with Crippen molar-refractivity contribution in [1.82, 2.24) is 15.5 Å². The highest BCUT2D eigenvalue weighted by molar-refractivity contribution is 6.09. The Labute approximate surface area is 152 Å². The van der Waals surface area contributed by atoms with E-state index < -0.39 is 17.5 Å². The molecular weight excluding hydrogens is 337 g/mol. The standard InChI is InChI=1S/C19H24FN3O3/c20-15-8-4-3-7-14(15)9-12-21-16(24)13-23-17(25)19(22-18(23)26)10-5-1-2-6-11-19/h3-4,7-8H,1-2,5-6,9-13H2,(H,21,24)(H,22,26). The van der Waals surface area contributed by atoms with Gasteiger partial charge >= 0.3 is 6.03 Å². The molecule has 2 fully saturated rings. The van der Waals surface area contributed by atoms with Crippen LogP contribution < -0.4 is 10.6 Å². The van der Waals surface area contributed by atoms with E-state index in [-0.39, 0.29) is 24.8 Å². The lowest BCUT2D eigenvalue weighted by atomic mass is 9.90. The van der Waals surface area contributed by atoms with E-state index in [4.69, 9.17) is 0 Å². The minimum Gasteiger partial charge on any atom is -0.354 e. The summed E-state index contributed by atoms with van der Waals surface area (Å²) in [5.74, 6) is -1.03. The summed E-state index contributed by atoms with van der Waals surface area (Å²) < 4.78 is 13.6. The Morgan fingerprint density at radius 3 is 2.54 bits per heavy atom. The number of rotatable bonds is 5. The molecule has 26 heavy (non-hydrogen) atoms. The minimum atomic E-state index is -0.832. The number of urea groups is 1. The largest absolute Gasteiger partial charge is 0.354 e. The van der Waals surface area contributed by atoms with E-state index in [1.165, 1.54) is 6.07 Å². The average Bonchev–Trinajstić information content (AvgIpc) is 2.79. The Hall–Kier alpha value is -2.44. The average molecular weight is 361 g/mol. The minimum absolute atomic E-state index is 0.245. The second-order valence-corrected chi connectivity index (χ2v) is 7.01. The van der Waals surface area contributed by atoms with Crippen LogP contribution in [0.4, 0.5) is 9.18 Å². The van der Waals surface area contributed by atoms with Crippen molar-refractivity contribution < 1.29 is 18.8 Å². The van der Waals surface area contributed by atoms with Gasteiger partial charge in [-0.2, -0.15) is 0 Å².